The second kappa shape index (κ2) is 5.31. The van der Waals surface area contributed by atoms with E-state index in [4.69, 9.17) is 10.5 Å². The molecule has 0 atom stereocenters. The zero-order valence-corrected chi connectivity index (χ0v) is 12.0. The molecule has 0 fully saturated rings. The summed E-state index contributed by atoms with van der Waals surface area (Å²) < 4.78 is 33.1. The van der Waals surface area contributed by atoms with Crippen LogP contribution in [0, 0.1) is 0 Å². The fraction of sp³-hybridized carbons (Fsp3) is 0.133. The molecule has 1 aliphatic rings. The van der Waals surface area contributed by atoms with Crippen LogP contribution in [0.1, 0.15) is 11.1 Å². The SMILES string of the molecule is NCCc1ccc(OC2=NS(=O)(=O)c3ccccc32)cc1. The fourth-order valence-electron chi connectivity index (χ4n) is 2.15. The number of fused-ring (bicyclic) bond motifs is 1. The molecule has 5 nitrogen and oxygen atoms in total. The molecule has 2 N–H and O–H groups in total. The van der Waals surface area contributed by atoms with Crippen LogP contribution in [-0.2, 0) is 16.4 Å². The van der Waals surface area contributed by atoms with Crippen molar-refractivity contribution in [2.75, 3.05) is 6.54 Å². The summed E-state index contributed by atoms with van der Waals surface area (Å²) in [6, 6.07) is 14.0. The van der Waals surface area contributed by atoms with Gasteiger partial charge in [0.2, 0.25) is 5.90 Å². The molecule has 2 aromatic rings. The smallest absolute Gasteiger partial charge is 0.286 e. The highest BCUT2D eigenvalue weighted by Gasteiger charge is 2.29. The van der Waals surface area contributed by atoms with Crippen LogP contribution >= 0.6 is 0 Å². The fourth-order valence-corrected chi connectivity index (χ4v) is 3.29. The first kappa shape index (κ1) is 13.8. The van der Waals surface area contributed by atoms with Crippen LogP contribution in [0.5, 0.6) is 5.75 Å². The van der Waals surface area contributed by atoms with Gasteiger partial charge in [0, 0.05) is 0 Å². The number of benzene rings is 2. The first-order valence-corrected chi connectivity index (χ1v) is 7.95. The molecule has 6 heteroatoms. The molecule has 0 aliphatic carbocycles. The van der Waals surface area contributed by atoms with Crippen LogP contribution in [0.3, 0.4) is 0 Å². The van der Waals surface area contributed by atoms with Gasteiger partial charge in [0.1, 0.15) is 10.6 Å². The third-order valence-corrected chi connectivity index (χ3v) is 4.49. The number of hydrogen-bond donors (Lipinski definition) is 1. The van der Waals surface area contributed by atoms with Crippen molar-refractivity contribution in [3.05, 3.63) is 59.7 Å². The Hall–Kier alpha value is -2.18. The van der Waals surface area contributed by atoms with E-state index in [1.165, 1.54) is 6.07 Å². The van der Waals surface area contributed by atoms with Gasteiger partial charge in [-0.2, -0.15) is 8.42 Å². The predicted octanol–water partition coefficient (Wildman–Crippen LogP) is 1.72. The molecular formula is C15H14N2O3S. The van der Waals surface area contributed by atoms with E-state index < -0.39 is 10.0 Å². The van der Waals surface area contributed by atoms with Crippen LogP contribution in [0.15, 0.2) is 57.8 Å². The average molecular weight is 302 g/mol. The maximum Gasteiger partial charge on any atom is 0.286 e. The molecule has 3 rings (SSSR count). The van der Waals surface area contributed by atoms with Gasteiger partial charge >= 0.3 is 0 Å². The third kappa shape index (κ3) is 2.68. The van der Waals surface area contributed by atoms with Crippen LogP contribution in [0.4, 0.5) is 0 Å². The van der Waals surface area contributed by atoms with Gasteiger partial charge in [0.05, 0.1) is 5.56 Å². The normalized spacial score (nSPS) is 15.4. The molecule has 0 radical (unpaired) electrons. The number of rotatable bonds is 3. The Kier molecular flexibility index (Phi) is 3.48. The maximum absolute atomic E-state index is 11.9. The number of nitrogens with zero attached hydrogens (tertiary/aromatic N) is 1. The molecule has 21 heavy (non-hydrogen) atoms. The van der Waals surface area contributed by atoms with Crippen molar-refractivity contribution in [1.29, 1.82) is 0 Å². The molecule has 108 valence electrons. The van der Waals surface area contributed by atoms with Gasteiger partial charge < -0.3 is 10.5 Å². The molecule has 0 saturated carbocycles. The van der Waals surface area contributed by atoms with E-state index in [0.29, 0.717) is 17.9 Å². The molecule has 0 unspecified atom stereocenters. The molecular weight excluding hydrogens is 288 g/mol. The lowest BCUT2D eigenvalue weighted by Crippen LogP contribution is -2.08. The molecule has 1 aliphatic heterocycles. The lowest BCUT2D eigenvalue weighted by molar-refractivity contribution is 0.553. The minimum absolute atomic E-state index is 0.108. The van der Waals surface area contributed by atoms with Gasteiger partial charge in [-0.3, -0.25) is 0 Å². The second-order valence-electron chi connectivity index (χ2n) is 4.65. The van der Waals surface area contributed by atoms with E-state index in [2.05, 4.69) is 4.40 Å². The van der Waals surface area contributed by atoms with E-state index in [-0.39, 0.29) is 10.8 Å². The minimum atomic E-state index is -3.65. The van der Waals surface area contributed by atoms with Crippen molar-refractivity contribution in [1.82, 2.24) is 0 Å². The maximum atomic E-state index is 11.9. The lowest BCUT2D eigenvalue weighted by Gasteiger charge is -2.06. The Bertz CT molecular complexity index is 796. The highest BCUT2D eigenvalue weighted by atomic mass is 32.2. The summed E-state index contributed by atoms with van der Waals surface area (Å²) in [5.74, 6) is 0.651. The molecule has 0 aromatic heterocycles. The van der Waals surface area contributed by atoms with E-state index in [9.17, 15) is 8.42 Å². The van der Waals surface area contributed by atoms with Crippen molar-refractivity contribution in [2.45, 2.75) is 11.3 Å². The highest BCUT2D eigenvalue weighted by Crippen LogP contribution is 2.27. The largest absolute Gasteiger partial charge is 0.438 e. The molecule has 1 heterocycles. The Balaban J connectivity index is 1.89. The third-order valence-electron chi connectivity index (χ3n) is 3.17. The molecule has 2 aromatic carbocycles. The first-order valence-electron chi connectivity index (χ1n) is 6.51. The highest BCUT2D eigenvalue weighted by molar-refractivity contribution is 7.90. The Labute approximate surface area is 123 Å². The van der Waals surface area contributed by atoms with Crippen molar-refractivity contribution < 1.29 is 13.2 Å². The van der Waals surface area contributed by atoms with E-state index in [1.54, 1.807) is 30.3 Å². The topological polar surface area (TPSA) is 81.8 Å². The van der Waals surface area contributed by atoms with Gasteiger partial charge in [-0.05, 0) is 42.8 Å². The Morgan fingerprint density at radius 1 is 1.05 bits per heavy atom. The van der Waals surface area contributed by atoms with Gasteiger partial charge in [-0.15, -0.1) is 4.40 Å². The minimum Gasteiger partial charge on any atom is -0.438 e. The van der Waals surface area contributed by atoms with Gasteiger partial charge in [-0.1, -0.05) is 24.3 Å². The first-order chi connectivity index (χ1) is 10.1. The second-order valence-corrected chi connectivity index (χ2v) is 6.22. The van der Waals surface area contributed by atoms with Crippen LogP contribution in [0.25, 0.3) is 0 Å². The van der Waals surface area contributed by atoms with E-state index >= 15 is 0 Å². The quantitative estimate of drug-likeness (QED) is 0.936. The van der Waals surface area contributed by atoms with Crippen molar-refractivity contribution in [3.63, 3.8) is 0 Å². The number of hydrogen-bond acceptors (Lipinski definition) is 4. The summed E-state index contributed by atoms with van der Waals surface area (Å²) in [7, 11) is -3.65. The summed E-state index contributed by atoms with van der Waals surface area (Å²) in [5, 5.41) is 0. The zero-order valence-electron chi connectivity index (χ0n) is 11.2. The molecule has 0 spiro atoms. The van der Waals surface area contributed by atoms with Crippen LogP contribution in [-0.4, -0.2) is 20.9 Å². The summed E-state index contributed by atoms with van der Waals surface area (Å²) in [6.07, 6.45) is 0.790. The van der Waals surface area contributed by atoms with Crippen molar-refractivity contribution in [3.8, 4) is 5.75 Å². The van der Waals surface area contributed by atoms with Gasteiger partial charge in [0.25, 0.3) is 10.0 Å². The zero-order chi connectivity index (χ0) is 14.9. The molecule has 0 amide bonds. The van der Waals surface area contributed by atoms with Crippen LogP contribution in [0.2, 0.25) is 0 Å². The van der Waals surface area contributed by atoms with E-state index in [0.717, 1.165) is 12.0 Å². The van der Waals surface area contributed by atoms with Crippen LogP contribution < -0.4 is 10.5 Å². The number of ether oxygens (including phenoxy) is 1. The van der Waals surface area contributed by atoms with Gasteiger partial charge in [-0.25, -0.2) is 0 Å². The monoisotopic (exact) mass is 302 g/mol. The van der Waals surface area contributed by atoms with Crippen molar-refractivity contribution >= 4 is 15.9 Å². The van der Waals surface area contributed by atoms with Crippen molar-refractivity contribution in [2.24, 2.45) is 10.1 Å². The predicted molar refractivity (Wildman–Crippen MR) is 80.0 cm³/mol. The summed E-state index contributed by atoms with van der Waals surface area (Å²) in [5.41, 5.74) is 7.09. The van der Waals surface area contributed by atoms with Gasteiger partial charge in [0.15, 0.2) is 0 Å². The Morgan fingerprint density at radius 3 is 2.48 bits per heavy atom. The summed E-state index contributed by atoms with van der Waals surface area (Å²) in [6.45, 7) is 0.582. The standard InChI is InChI=1S/C15H14N2O3S/c16-10-9-11-5-7-12(8-6-11)20-15-13-3-1-2-4-14(13)21(18,19)17-15/h1-8H,9-10,16H2. The summed E-state index contributed by atoms with van der Waals surface area (Å²) in [4.78, 5) is 0.180. The molecule has 0 bridgehead atoms. The Morgan fingerprint density at radius 2 is 1.76 bits per heavy atom. The number of sulfonamides is 1. The lowest BCUT2D eigenvalue weighted by atomic mass is 10.1. The molecule has 0 saturated heterocycles. The van der Waals surface area contributed by atoms with E-state index in [1.807, 2.05) is 12.1 Å². The number of nitrogens with two attached hydrogens (primary N) is 1. The summed E-state index contributed by atoms with van der Waals surface area (Å²) >= 11 is 0. The average Bonchev–Trinajstić information content (AvgIpc) is 2.73.